The van der Waals surface area contributed by atoms with Gasteiger partial charge in [0.2, 0.25) is 0 Å². The van der Waals surface area contributed by atoms with Crippen molar-refractivity contribution in [3.63, 3.8) is 0 Å². The molecule has 1 aromatic carbocycles. The summed E-state index contributed by atoms with van der Waals surface area (Å²) in [6.07, 6.45) is -2.95. The maximum Gasteiger partial charge on any atom is 0.163 e. The molecule has 0 bridgehead atoms. The third kappa shape index (κ3) is 3.26. The highest BCUT2D eigenvalue weighted by Crippen LogP contribution is 2.37. The molecule has 2 saturated heterocycles. The first kappa shape index (κ1) is 15.3. The minimum absolute atomic E-state index is 0.341. The van der Waals surface area contributed by atoms with Gasteiger partial charge < -0.3 is 24.4 Å². The lowest BCUT2D eigenvalue weighted by atomic mass is 9.98. The molecule has 1 aromatic rings. The van der Waals surface area contributed by atoms with Crippen molar-refractivity contribution < 1.29 is 24.4 Å². The zero-order valence-electron chi connectivity index (χ0n) is 12.0. The number of aliphatic hydroxyl groups excluding tert-OH is 2. The van der Waals surface area contributed by atoms with E-state index in [2.05, 4.69) is 0 Å². The standard InChI is InChI=1S/C15H20O5S/c1-15(2)18-8-10-13(20-15)11(16)12(17)14(19-10)21-9-6-4-3-5-7-9/h3-7,10-14,16-17H,8H2,1-2H3/t10-,11-,12+,13-,14-/m1/s1. The van der Waals surface area contributed by atoms with E-state index < -0.39 is 29.5 Å². The lowest BCUT2D eigenvalue weighted by Gasteiger charge is -2.48. The molecule has 116 valence electrons. The molecule has 2 aliphatic rings. The summed E-state index contributed by atoms with van der Waals surface area (Å²) in [5.74, 6) is -0.773. The average molecular weight is 312 g/mol. The monoisotopic (exact) mass is 312 g/mol. The molecule has 0 radical (unpaired) electrons. The van der Waals surface area contributed by atoms with E-state index in [1.165, 1.54) is 11.8 Å². The fourth-order valence-corrected chi connectivity index (χ4v) is 3.64. The van der Waals surface area contributed by atoms with Crippen molar-refractivity contribution in [2.75, 3.05) is 6.61 Å². The average Bonchev–Trinajstić information content (AvgIpc) is 2.46. The van der Waals surface area contributed by atoms with Crippen molar-refractivity contribution >= 4 is 11.8 Å². The third-order valence-electron chi connectivity index (χ3n) is 3.65. The van der Waals surface area contributed by atoms with Crippen LogP contribution in [0.1, 0.15) is 13.8 Å². The van der Waals surface area contributed by atoms with E-state index in [0.29, 0.717) is 6.61 Å². The van der Waals surface area contributed by atoms with Crippen molar-refractivity contribution in [3.05, 3.63) is 30.3 Å². The Morgan fingerprint density at radius 2 is 1.86 bits per heavy atom. The topological polar surface area (TPSA) is 68.2 Å². The van der Waals surface area contributed by atoms with Gasteiger partial charge in [0.25, 0.3) is 0 Å². The van der Waals surface area contributed by atoms with Gasteiger partial charge in [-0.1, -0.05) is 30.0 Å². The van der Waals surface area contributed by atoms with Gasteiger partial charge in [0.05, 0.1) is 6.61 Å². The zero-order chi connectivity index (χ0) is 15.0. The van der Waals surface area contributed by atoms with Crippen LogP contribution in [-0.2, 0) is 14.2 Å². The molecule has 6 heteroatoms. The van der Waals surface area contributed by atoms with E-state index in [1.54, 1.807) is 13.8 Å². The molecule has 0 unspecified atom stereocenters. The van der Waals surface area contributed by atoms with Gasteiger partial charge in [-0.05, 0) is 26.0 Å². The van der Waals surface area contributed by atoms with Crippen molar-refractivity contribution in [2.24, 2.45) is 0 Å². The Bertz CT molecular complexity index is 478. The van der Waals surface area contributed by atoms with Crippen molar-refractivity contribution in [3.8, 4) is 0 Å². The molecule has 3 rings (SSSR count). The molecule has 21 heavy (non-hydrogen) atoms. The minimum Gasteiger partial charge on any atom is -0.387 e. The SMILES string of the molecule is CC1(C)OC[C@H]2O[C@H](Sc3ccccc3)[C@@H](O)[C@@H](O)[C@@H]2O1. The molecule has 5 atom stereocenters. The molecular weight excluding hydrogens is 292 g/mol. The van der Waals surface area contributed by atoms with Crippen LogP contribution in [0.4, 0.5) is 0 Å². The Balaban J connectivity index is 1.72. The van der Waals surface area contributed by atoms with Crippen LogP contribution < -0.4 is 0 Å². The Morgan fingerprint density at radius 1 is 1.14 bits per heavy atom. The van der Waals surface area contributed by atoms with Gasteiger partial charge in [-0.15, -0.1) is 0 Å². The van der Waals surface area contributed by atoms with Gasteiger partial charge in [0, 0.05) is 4.90 Å². The number of hydrogen-bond donors (Lipinski definition) is 2. The van der Waals surface area contributed by atoms with Crippen LogP contribution in [0.2, 0.25) is 0 Å². The second-order valence-electron chi connectivity index (χ2n) is 5.75. The molecule has 2 N–H and O–H groups in total. The second kappa shape index (κ2) is 5.87. The number of fused-ring (bicyclic) bond motifs is 1. The third-order valence-corrected chi connectivity index (χ3v) is 4.82. The summed E-state index contributed by atoms with van der Waals surface area (Å²) in [7, 11) is 0. The van der Waals surface area contributed by atoms with Gasteiger partial charge >= 0.3 is 0 Å². The summed E-state index contributed by atoms with van der Waals surface area (Å²) in [5, 5.41) is 20.6. The predicted octanol–water partition coefficient (Wildman–Crippen LogP) is 1.38. The fourth-order valence-electron chi connectivity index (χ4n) is 2.56. The summed E-state index contributed by atoms with van der Waals surface area (Å²) in [6.45, 7) is 3.91. The summed E-state index contributed by atoms with van der Waals surface area (Å²) in [5.41, 5.74) is -0.544. The highest BCUT2D eigenvalue weighted by molar-refractivity contribution is 7.99. The molecule has 0 saturated carbocycles. The lowest BCUT2D eigenvalue weighted by molar-refractivity contribution is -0.350. The predicted molar refractivity (Wildman–Crippen MR) is 77.9 cm³/mol. The van der Waals surface area contributed by atoms with Crippen molar-refractivity contribution in [2.45, 2.75) is 54.4 Å². The van der Waals surface area contributed by atoms with E-state index in [1.807, 2.05) is 30.3 Å². The maximum absolute atomic E-state index is 10.3. The minimum atomic E-state index is -1.01. The molecular formula is C15H20O5S. The van der Waals surface area contributed by atoms with Crippen molar-refractivity contribution in [1.29, 1.82) is 0 Å². The smallest absolute Gasteiger partial charge is 0.163 e. The Morgan fingerprint density at radius 3 is 2.57 bits per heavy atom. The molecule has 0 amide bonds. The van der Waals surface area contributed by atoms with E-state index >= 15 is 0 Å². The number of aliphatic hydroxyl groups is 2. The molecule has 0 aliphatic carbocycles. The van der Waals surface area contributed by atoms with Gasteiger partial charge in [-0.25, -0.2) is 0 Å². The Labute approximate surface area is 128 Å². The number of ether oxygens (including phenoxy) is 3. The summed E-state index contributed by atoms with van der Waals surface area (Å²) < 4.78 is 17.1. The second-order valence-corrected chi connectivity index (χ2v) is 6.92. The van der Waals surface area contributed by atoms with Crippen molar-refractivity contribution in [1.82, 2.24) is 0 Å². The highest BCUT2D eigenvalue weighted by atomic mass is 32.2. The summed E-state index contributed by atoms with van der Waals surface area (Å²) >= 11 is 1.39. The van der Waals surface area contributed by atoms with Crippen LogP contribution in [0.5, 0.6) is 0 Å². The quantitative estimate of drug-likeness (QED) is 0.860. The van der Waals surface area contributed by atoms with E-state index in [-0.39, 0.29) is 6.10 Å². The number of rotatable bonds is 2. The van der Waals surface area contributed by atoms with Crippen LogP contribution in [0.3, 0.4) is 0 Å². The number of benzene rings is 1. The van der Waals surface area contributed by atoms with Gasteiger partial charge in [-0.2, -0.15) is 0 Å². The van der Waals surface area contributed by atoms with Gasteiger partial charge in [0.1, 0.15) is 29.9 Å². The number of hydrogen-bond acceptors (Lipinski definition) is 6. The Hall–Kier alpha value is -0.630. The molecule has 5 nitrogen and oxygen atoms in total. The summed E-state index contributed by atoms with van der Waals surface area (Å²) in [6, 6.07) is 9.66. The molecule has 2 fully saturated rings. The highest BCUT2D eigenvalue weighted by Gasteiger charge is 2.50. The van der Waals surface area contributed by atoms with Gasteiger partial charge in [0.15, 0.2) is 5.79 Å². The van der Waals surface area contributed by atoms with Crippen LogP contribution in [0.25, 0.3) is 0 Å². The van der Waals surface area contributed by atoms with E-state index in [0.717, 1.165) is 4.90 Å². The fraction of sp³-hybridized carbons (Fsp3) is 0.600. The first-order valence-corrected chi connectivity index (χ1v) is 7.89. The van der Waals surface area contributed by atoms with Crippen LogP contribution in [0, 0.1) is 0 Å². The van der Waals surface area contributed by atoms with E-state index in [4.69, 9.17) is 14.2 Å². The number of thioether (sulfide) groups is 1. The van der Waals surface area contributed by atoms with Gasteiger partial charge in [-0.3, -0.25) is 0 Å². The van der Waals surface area contributed by atoms with Crippen LogP contribution in [0.15, 0.2) is 35.2 Å². The first-order chi connectivity index (χ1) is 9.96. The normalized spacial score (nSPS) is 38.8. The maximum atomic E-state index is 10.3. The molecule has 2 heterocycles. The molecule has 0 spiro atoms. The molecule has 0 aromatic heterocycles. The zero-order valence-corrected chi connectivity index (χ0v) is 12.8. The Kier molecular flexibility index (Phi) is 4.27. The lowest BCUT2D eigenvalue weighted by Crippen LogP contribution is -2.63. The largest absolute Gasteiger partial charge is 0.387 e. The van der Waals surface area contributed by atoms with Crippen LogP contribution in [-0.4, -0.2) is 52.5 Å². The molecule has 2 aliphatic heterocycles. The first-order valence-electron chi connectivity index (χ1n) is 7.01. The van der Waals surface area contributed by atoms with Crippen LogP contribution >= 0.6 is 11.8 Å². The van der Waals surface area contributed by atoms with E-state index in [9.17, 15) is 10.2 Å². The summed E-state index contributed by atoms with van der Waals surface area (Å²) in [4.78, 5) is 0.977.